The average molecular weight is 187 g/mol. The highest BCUT2D eigenvalue weighted by molar-refractivity contribution is 5.97. The summed E-state index contributed by atoms with van der Waals surface area (Å²) in [5.74, 6) is -0.00315. The van der Waals surface area contributed by atoms with Crippen molar-refractivity contribution >= 4 is 16.7 Å². The second-order valence-corrected chi connectivity index (χ2v) is 3.18. The number of fused-ring (bicyclic) bond motifs is 1. The summed E-state index contributed by atoms with van der Waals surface area (Å²) in [7, 11) is 0. The van der Waals surface area contributed by atoms with Crippen molar-refractivity contribution in [3.05, 3.63) is 46.2 Å². The predicted molar refractivity (Wildman–Crippen MR) is 54.6 cm³/mol. The molecule has 0 atom stereocenters. The fraction of sp³-hybridized carbons (Fsp3) is 0.0909. The zero-order valence-corrected chi connectivity index (χ0v) is 7.70. The van der Waals surface area contributed by atoms with E-state index in [0.717, 1.165) is 5.39 Å². The van der Waals surface area contributed by atoms with Crippen molar-refractivity contribution in [1.29, 1.82) is 0 Å². The van der Waals surface area contributed by atoms with Gasteiger partial charge in [0.05, 0.1) is 0 Å². The van der Waals surface area contributed by atoms with Gasteiger partial charge >= 0.3 is 0 Å². The van der Waals surface area contributed by atoms with Crippen LogP contribution < -0.4 is 5.56 Å². The van der Waals surface area contributed by atoms with Gasteiger partial charge in [0, 0.05) is 17.1 Å². The van der Waals surface area contributed by atoms with Crippen LogP contribution in [0.4, 0.5) is 0 Å². The standard InChI is InChI=1S/C11H9NO2/c1-7(13)9-3-2-8-4-5-11(14)12-10(8)6-9/h2-6H,1H3,(H,12,14). The summed E-state index contributed by atoms with van der Waals surface area (Å²) in [5, 5.41) is 0.926. The van der Waals surface area contributed by atoms with Gasteiger partial charge in [0.25, 0.3) is 0 Å². The number of pyridine rings is 1. The molecule has 1 aromatic carbocycles. The van der Waals surface area contributed by atoms with Gasteiger partial charge in [0.2, 0.25) is 5.56 Å². The number of hydrogen-bond acceptors (Lipinski definition) is 2. The second-order valence-electron chi connectivity index (χ2n) is 3.18. The molecule has 2 aromatic rings. The van der Waals surface area contributed by atoms with E-state index < -0.39 is 0 Å². The maximum atomic E-state index is 11.1. The van der Waals surface area contributed by atoms with E-state index in [1.54, 1.807) is 18.2 Å². The van der Waals surface area contributed by atoms with Crippen LogP contribution in [0.2, 0.25) is 0 Å². The smallest absolute Gasteiger partial charge is 0.248 e. The molecule has 0 radical (unpaired) electrons. The summed E-state index contributed by atoms with van der Waals surface area (Å²) in [4.78, 5) is 24.8. The fourth-order valence-corrected chi connectivity index (χ4v) is 1.37. The molecule has 70 valence electrons. The zero-order chi connectivity index (χ0) is 10.1. The Kier molecular flexibility index (Phi) is 1.93. The van der Waals surface area contributed by atoms with Crippen LogP contribution in [0.1, 0.15) is 17.3 Å². The van der Waals surface area contributed by atoms with Gasteiger partial charge in [0.15, 0.2) is 5.78 Å². The number of Topliss-reactive ketones (excluding diaryl/α,β-unsaturated/α-hetero) is 1. The Morgan fingerprint density at radius 2 is 1.93 bits per heavy atom. The first-order chi connectivity index (χ1) is 6.66. The van der Waals surface area contributed by atoms with Gasteiger partial charge in [-0.2, -0.15) is 0 Å². The Hall–Kier alpha value is -1.90. The molecule has 1 heterocycles. The summed E-state index contributed by atoms with van der Waals surface area (Å²) in [5.41, 5.74) is 1.16. The maximum absolute atomic E-state index is 11.1. The van der Waals surface area contributed by atoms with Crippen molar-refractivity contribution in [3.8, 4) is 0 Å². The summed E-state index contributed by atoms with van der Waals surface area (Å²) >= 11 is 0. The number of hydrogen-bond donors (Lipinski definition) is 1. The lowest BCUT2D eigenvalue weighted by molar-refractivity contribution is 0.101. The summed E-state index contributed by atoms with van der Waals surface area (Å²) < 4.78 is 0. The van der Waals surface area contributed by atoms with Crippen LogP contribution >= 0.6 is 0 Å². The molecular formula is C11H9NO2. The number of benzene rings is 1. The summed E-state index contributed by atoms with van der Waals surface area (Å²) in [6.45, 7) is 1.50. The lowest BCUT2D eigenvalue weighted by Gasteiger charge is -1.99. The number of carbonyl (C=O) groups excluding carboxylic acids is 1. The van der Waals surface area contributed by atoms with Crippen molar-refractivity contribution in [2.75, 3.05) is 0 Å². The first kappa shape index (κ1) is 8.69. The molecule has 3 heteroatoms. The number of H-pyrrole nitrogens is 1. The van der Waals surface area contributed by atoms with E-state index in [4.69, 9.17) is 0 Å². The minimum atomic E-state index is -0.154. The van der Waals surface area contributed by atoms with E-state index in [-0.39, 0.29) is 11.3 Å². The topological polar surface area (TPSA) is 49.9 Å². The van der Waals surface area contributed by atoms with E-state index >= 15 is 0 Å². The average Bonchev–Trinajstić information content (AvgIpc) is 2.16. The first-order valence-corrected chi connectivity index (χ1v) is 4.31. The SMILES string of the molecule is CC(=O)c1ccc2ccc(=O)[nH]c2c1. The maximum Gasteiger partial charge on any atom is 0.248 e. The van der Waals surface area contributed by atoms with Crippen molar-refractivity contribution in [2.45, 2.75) is 6.92 Å². The summed E-state index contributed by atoms with van der Waals surface area (Å²) in [6.07, 6.45) is 0. The first-order valence-electron chi connectivity index (χ1n) is 4.31. The van der Waals surface area contributed by atoms with Crippen molar-refractivity contribution < 1.29 is 4.79 Å². The number of ketones is 1. The van der Waals surface area contributed by atoms with E-state index in [0.29, 0.717) is 11.1 Å². The minimum absolute atomic E-state index is 0.00315. The predicted octanol–water partition coefficient (Wildman–Crippen LogP) is 1.73. The molecule has 2 rings (SSSR count). The van der Waals surface area contributed by atoms with E-state index in [9.17, 15) is 9.59 Å². The van der Waals surface area contributed by atoms with Crippen molar-refractivity contribution in [1.82, 2.24) is 4.98 Å². The van der Waals surface area contributed by atoms with Crippen LogP contribution in [0.15, 0.2) is 35.1 Å². The van der Waals surface area contributed by atoms with Crippen LogP contribution in [0, 0.1) is 0 Å². The highest BCUT2D eigenvalue weighted by atomic mass is 16.1. The molecule has 3 nitrogen and oxygen atoms in total. The monoisotopic (exact) mass is 187 g/mol. The Labute approximate surface area is 80.4 Å². The van der Waals surface area contributed by atoms with Gasteiger partial charge in [-0.25, -0.2) is 0 Å². The minimum Gasteiger partial charge on any atom is -0.322 e. The molecule has 0 aliphatic rings. The highest BCUT2D eigenvalue weighted by Gasteiger charge is 2.00. The number of nitrogens with one attached hydrogen (secondary N) is 1. The zero-order valence-electron chi connectivity index (χ0n) is 7.70. The molecule has 0 amide bonds. The van der Waals surface area contributed by atoms with E-state index in [2.05, 4.69) is 4.98 Å². The third kappa shape index (κ3) is 1.44. The Morgan fingerprint density at radius 3 is 2.64 bits per heavy atom. The molecule has 14 heavy (non-hydrogen) atoms. The van der Waals surface area contributed by atoms with Crippen LogP contribution in [0.3, 0.4) is 0 Å². The van der Waals surface area contributed by atoms with E-state index in [1.165, 1.54) is 13.0 Å². The molecule has 0 saturated heterocycles. The Balaban J connectivity index is 2.75. The lowest BCUT2D eigenvalue weighted by atomic mass is 10.1. The Bertz CT molecular complexity index is 554. The van der Waals surface area contributed by atoms with Crippen LogP contribution in [-0.2, 0) is 0 Å². The number of aromatic amines is 1. The molecule has 0 aliphatic heterocycles. The molecule has 0 unspecified atom stereocenters. The lowest BCUT2D eigenvalue weighted by Crippen LogP contribution is -2.03. The van der Waals surface area contributed by atoms with Crippen molar-refractivity contribution in [2.24, 2.45) is 0 Å². The molecule has 1 aromatic heterocycles. The summed E-state index contributed by atoms with van der Waals surface area (Å²) in [6, 6.07) is 8.47. The molecule has 0 aliphatic carbocycles. The quantitative estimate of drug-likeness (QED) is 0.691. The Morgan fingerprint density at radius 1 is 1.21 bits per heavy atom. The third-order valence-corrected chi connectivity index (χ3v) is 2.13. The largest absolute Gasteiger partial charge is 0.322 e. The van der Waals surface area contributed by atoms with Gasteiger partial charge in [-0.05, 0) is 24.4 Å². The van der Waals surface area contributed by atoms with Gasteiger partial charge in [0.1, 0.15) is 0 Å². The van der Waals surface area contributed by atoms with Crippen LogP contribution in [0.25, 0.3) is 10.9 Å². The van der Waals surface area contributed by atoms with Crippen LogP contribution in [-0.4, -0.2) is 10.8 Å². The number of rotatable bonds is 1. The van der Waals surface area contributed by atoms with Gasteiger partial charge in [-0.15, -0.1) is 0 Å². The molecule has 0 fully saturated rings. The fourth-order valence-electron chi connectivity index (χ4n) is 1.37. The molecule has 0 saturated carbocycles. The molecule has 1 N–H and O–H groups in total. The van der Waals surface area contributed by atoms with Crippen molar-refractivity contribution in [3.63, 3.8) is 0 Å². The number of carbonyl (C=O) groups is 1. The third-order valence-electron chi connectivity index (χ3n) is 2.13. The molecular weight excluding hydrogens is 178 g/mol. The van der Waals surface area contributed by atoms with Gasteiger partial charge in [-0.1, -0.05) is 12.1 Å². The normalized spacial score (nSPS) is 10.4. The molecule has 0 spiro atoms. The molecule has 0 bridgehead atoms. The highest BCUT2D eigenvalue weighted by Crippen LogP contribution is 2.12. The van der Waals surface area contributed by atoms with E-state index in [1.807, 2.05) is 6.07 Å². The van der Waals surface area contributed by atoms with Gasteiger partial charge < -0.3 is 4.98 Å². The number of aromatic nitrogens is 1. The second kappa shape index (κ2) is 3.10. The van der Waals surface area contributed by atoms with Crippen LogP contribution in [0.5, 0.6) is 0 Å². The van der Waals surface area contributed by atoms with Gasteiger partial charge in [-0.3, -0.25) is 9.59 Å².